The van der Waals surface area contributed by atoms with Crippen molar-refractivity contribution in [2.24, 2.45) is 0 Å². The average Bonchev–Trinajstić information content (AvgIpc) is 3.36. The number of thioether (sulfide) groups is 1. The molecule has 0 amide bonds. The fourth-order valence-corrected chi connectivity index (χ4v) is 5.27. The number of hydrogen-bond donors (Lipinski definition) is 1. The number of aliphatic hydroxyl groups is 1. The zero-order chi connectivity index (χ0) is 27.5. The molecule has 2 unspecified atom stereocenters. The molecule has 6 nitrogen and oxygen atoms in total. The van der Waals surface area contributed by atoms with Crippen LogP contribution in [0.2, 0.25) is 0 Å². The van der Waals surface area contributed by atoms with Gasteiger partial charge in [0.05, 0.1) is 30.6 Å². The minimum atomic E-state index is -4.65. The van der Waals surface area contributed by atoms with E-state index in [0.29, 0.717) is 12.1 Å². The Kier molecular flexibility index (Phi) is 8.50. The summed E-state index contributed by atoms with van der Waals surface area (Å²) in [6.45, 7) is 1.85. The standard InChI is InChI=1S/C25H23F6N3O3S/c1-15(24(35,12-34-14-32-13-33-34)20-6-5-18(26)9-22(20)28)38-19-10-36-23(37-11-19)7-3-16-2-4-17(8-21(16)27)25(29,30)31/h2-9,13-15,19,23,35H,10-12H2,1H3. The van der Waals surface area contributed by atoms with Crippen LogP contribution >= 0.6 is 11.8 Å². The van der Waals surface area contributed by atoms with Crippen LogP contribution in [-0.4, -0.2) is 49.9 Å². The van der Waals surface area contributed by atoms with Gasteiger partial charge in [0.1, 0.15) is 35.7 Å². The Morgan fingerprint density at radius 3 is 2.45 bits per heavy atom. The van der Waals surface area contributed by atoms with E-state index in [1.165, 1.54) is 47.3 Å². The average molecular weight is 560 g/mol. The monoisotopic (exact) mass is 559 g/mol. The van der Waals surface area contributed by atoms with Crippen molar-refractivity contribution in [3.05, 3.63) is 89.3 Å². The van der Waals surface area contributed by atoms with Crippen LogP contribution < -0.4 is 0 Å². The predicted octanol–water partition coefficient (Wildman–Crippen LogP) is 5.18. The van der Waals surface area contributed by atoms with Gasteiger partial charge in [0.25, 0.3) is 0 Å². The molecule has 13 heteroatoms. The van der Waals surface area contributed by atoms with Crippen molar-refractivity contribution in [1.82, 2.24) is 14.8 Å². The molecule has 4 rings (SSSR count). The number of nitrogens with zero attached hydrogens (tertiary/aromatic N) is 3. The second-order valence-electron chi connectivity index (χ2n) is 8.67. The van der Waals surface area contributed by atoms with E-state index in [1.54, 1.807) is 6.92 Å². The Balaban J connectivity index is 1.40. The first-order valence-corrected chi connectivity index (χ1v) is 12.3. The third-order valence-corrected chi connectivity index (χ3v) is 7.44. The van der Waals surface area contributed by atoms with Gasteiger partial charge >= 0.3 is 6.18 Å². The number of aromatic nitrogens is 3. The van der Waals surface area contributed by atoms with E-state index >= 15 is 0 Å². The summed E-state index contributed by atoms with van der Waals surface area (Å²) in [6.07, 6.45) is -0.228. The summed E-state index contributed by atoms with van der Waals surface area (Å²) in [6, 6.07) is 5.16. The third kappa shape index (κ3) is 6.57. The molecule has 0 spiro atoms. The molecule has 0 aliphatic carbocycles. The summed E-state index contributed by atoms with van der Waals surface area (Å²) in [5, 5.41) is 14.7. The molecule has 1 aliphatic rings. The molecular formula is C25H23F6N3O3S. The van der Waals surface area contributed by atoms with Crippen LogP contribution in [0.3, 0.4) is 0 Å². The van der Waals surface area contributed by atoms with Gasteiger partial charge in [-0.3, -0.25) is 0 Å². The molecule has 0 saturated carbocycles. The number of rotatable bonds is 8. The minimum absolute atomic E-state index is 0.0604. The van der Waals surface area contributed by atoms with Crippen LogP contribution in [0.25, 0.3) is 6.08 Å². The van der Waals surface area contributed by atoms with E-state index in [1.807, 2.05) is 0 Å². The van der Waals surface area contributed by atoms with Gasteiger partial charge in [0.2, 0.25) is 0 Å². The lowest BCUT2D eigenvalue weighted by molar-refractivity contribution is -0.146. The van der Waals surface area contributed by atoms with Gasteiger partial charge in [-0.15, -0.1) is 11.8 Å². The first-order valence-electron chi connectivity index (χ1n) is 11.4. The predicted molar refractivity (Wildman–Crippen MR) is 127 cm³/mol. The van der Waals surface area contributed by atoms with Crippen molar-refractivity contribution < 1.29 is 40.9 Å². The van der Waals surface area contributed by atoms with Gasteiger partial charge < -0.3 is 14.6 Å². The molecule has 2 heterocycles. The quantitative estimate of drug-likeness (QED) is 0.384. The van der Waals surface area contributed by atoms with Gasteiger partial charge in [0, 0.05) is 22.4 Å². The zero-order valence-corrected chi connectivity index (χ0v) is 20.7. The van der Waals surface area contributed by atoms with Crippen LogP contribution in [0, 0.1) is 17.5 Å². The van der Waals surface area contributed by atoms with Gasteiger partial charge in [-0.05, 0) is 24.3 Å². The molecular weight excluding hydrogens is 536 g/mol. The van der Waals surface area contributed by atoms with Crippen molar-refractivity contribution in [3.63, 3.8) is 0 Å². The van der Waals surface area contributed by atoms with E-state index in [-0.39, 0.29) is 36.1 Å². The largest absolute Gasteiger partial charge is 0.416 e. The fourth-order valence-electron chi connectivity index (χ4n) is 3.95. The second kappa shape index (κ2) is 11.5. The van der Waals surface area contributed by atoms with E-state index in [4.69, 9.17) is 9.47 Å². The van der Waals surface area contributed by atoms with E-state index < -0.39 is 46.3 Å². The van der Waals surface area contributed by atoms with Crippen LogP contribution in [0.15, 0.2) is 55.1 Å². The highest BCUT2D eigenvalue weighted by molar-refractivity contribution is 8.00. The maximum atomic E-state index is 14.7. The summed E-state index contributed by atoms with van der Waals surface area (Å²) in [5.41, 5.74) is -3.05. The van der Waals surface area contributed by atoms with Gasteiger partial charge in [-0.1, -0.05) is 25.1 Å². The van der Waals surface area contributed by atoms with Crippen LogP contribution in [0.1, 0.15) is 23.6 Å². The van der Waals surface area contributed by atoms with E-state index in [9.17, 15) is 31.4 Å². The summed E-state index contributed by atoms with van der Waals surface area (Å²) in [4.78, 5) is 3.84. The van der Waals surface area contributed by atoms with Crippen molar-refractivity contribution in [2.75, 3.05) is 13.2 Å². The molecule has 2 aromatic carbocycles. The molecule has 1 saturated heterocycles. The molecule has 38 heavy (non-hydrogen) atoms. The van der Waals surface area contributed by atoms with Gasteiger partial charge in [-0.25, -0.2) is 22.8 Å². The Labute approximate surface area is 218 Å². The lowest BCUT2D eigenvalue weighted by Gasteiger charge is -2.37. The Morgan fingerprint density at radius 2 is 1.84 bits per heavy atom. The molecule has 0 bridgehead atoms. The van der Waals surface area contributed by atoms with Crippen molar-refractivity contribution in [2.45, 2.75) is 42.0 Å². The molecule has 1 aromatic heterocycles. The maximum absolute atomic E-state index is 14.7. The van der Waals surface area contributed by atoms with E-state index in [2.05, 4.69) is 10.1 Å². The van der Waals surface area contributed by atoms with Crippen molar-refractivity contribution >= 4 is 17.8 Å². The maximum Gasteiger partial charge on any atom is 0.416 e. The smallest absolute Gasteiger partial charge is 0.382 e. The van der Waals surface area contributed by atoms with Crippen molar-refractivity contribution in [1.29, 1.82) is 0 Å². The fraction of sp³-hybridized carbons (Fsp3) is 0.360. The van der Waals surface area contributed by atoms with E-state index in [0.717, 1.165) is 18.2 Å². The first kappa shape index (κ1) is 28.1. The molecule has 3 aromatic rings. The highest BCUT2D eigenvalue weighted by Gasteiger charge is 2.41. The number of alkyl halides is 3. The normalized spacial score (nSPS) is 20.9. The summed E-state index contributed by atoms with van der Waals surface area (Å²) in [5.74, 6) is -2.72. The zero-order valence-electron chi connectivity index (χ0n) is 19.9. The lowest BCUT2D eigenvalue weighted by atomic mass is 9.90. The summed E-state index contributed by atoms with van der Waals surface area (Å²) >= 11 is 1.27. The third-order valence-electron chi connectivity index (χ3n) is 5.99. The van der Waals surface area contributed by atoms with Gasteiger partial charge in [-0.2, -0.15) is 18.3 Å². The molecule has 1 aliphatic heterocycles. The summed E-state index contributed by atoms with van der Waals surface area (Å²) < 4.78 is 93.0. The topological polar surface area (TPSA) is 69.4 Å². The SMILES string of the molecule is CC(SC1COC(C=Cc2ccc(C(F)(F)F)cc2F)OC1)C(O)(Cn1cncn1)c1ccc(F)cc1F. The van der Waals surface area contributed by atoms with Crippen LogP contribution in [-0.2, 0) is 27.8 Å². The molecule has 2 atom stereocenters. The molecule has 204 valence electrons. The van der Waals surface area contributed by atoms with Crippen molar-refractivity contribution in [3.8, 4) is 0 Å². The second-order valence-corrected chi connectivity index (χ2v) is 10.3. The lowest BCUT2D eigenvalue weighted by Crippen LogP contribution is -2.43. The highest BCUT2D eigenvalue weighted by Crippen LogP contribution is 2.39. The first-order chi connectivity index (χ1) is 18.0. The highest BCUT2D eigenvalue weighted by atomic mass is 32.2. The molecule has 1 fully saturated rings. The Morgan fingerprint density at radius 1 is 1.11 bits per heavy atom. The number of benzene rings is 2. The minimum Gasteiger partial charge on any atom is -0.382 e. The van der Waals surface area contributed by atoms with Crippen LogP contribution in [0.4, 0.5) is 26.3 Å². The van der Waals surface area contributed by atoms with Gasteiger partial charge in [0.15, 0.2) is 6.29 Å². The number of hydrogen-bond acceptors (Lipinski definition) is 6. The Hall–Kier alpha value is -2.87. The Bertz CT molecular complexity index is 1270. The molecule has 0 radical (unpaired) electrons. The number of halogens is 6. The number of ether oxygens (including phenoxy) is 2. The molecule has 1 N–H and O–H groups in total. The van der Waals surface area contributed by atoms with Crippen LogP contribution in [0.5, 0.6) is 0 Å². The summed E-state index contributed by atoms with van der Waals surface area (Å²) in [7, 11) is 0.